The van der Waals surface area contributed by atoms with Crippen LogP contribution in [0.25, 0.3) is 0 Å². The van der Waals surface area contributed by atoms with E-state index >= 15 is 0 Å². The molecule has 0 heterocycles. The second kappa shape index (κ2) is 21.8. The summed E-state index contributed by atoms with van der Waals surface area (Å²) in [6.07, 6.45) is 14.0. The summed E-state index contributed by atoms with van der Waals surface area (Å²) in [6.45, 7) is 3.93. The molecule has 0 bridgehead atoms. The highest BCUT2D eigenvalue weighted by Crippen LogP contribution is 2.31. The summed E-state index contributed by atoms with van der Waals surface area (Å²) >= 11 is 3.38. The number of aliphatic hydroxyl groups excluding tert-OH is 4. The first-order chi connectivity index (χ1) is 14.1. The Morgan fingerprint density at radius 3 is 1.31 bits per heavy atom. The molecule has 0 aromatic heterocycles. The van der Waals surface area contributed by atoms with Crippen LogP contribution in [0.3, 0.4) is 0 Å². The van der Waals surface area contributed by atoms with Gasteiger partial charge in [-0.05, 0) is 24.3 Å². The second-order valence-electron chi connectivity index (χ2n) is 8.08. The highest BCUT2D eigenvalue weighted by molar-refractivity contribution is 8.17. The molecule has 0 spiro atoms. The molecule has 0 amide bonds. The quantitative estimate of drug-likeness (QED) is 0.131. The van der Waals surface area contributed by atoms with Gasteiger partial charge >= 0.3 is 0 Å². The summed E-state index contributed by atoms with van der Waals surface area (Å²) in [4.78, 5) is 0. The highest BCUT2D eigenvalue weighted by atomic mass is 32.2. The number of unbranched alkanes of at least 4 members (excludes halogenated alkanes) is 12. The first kappa shape index (κ1) is 29.5. The van der Waals surface area contributed by atoms with Gasteiger partial charge in [-0.3, -0.25) is 0 Å². The van der Waals surface area contributed by atoms with Gasteiger partial charge in [0.1, 0.15) is 18.3 Å². The van der Waals surface area contributed by atoms with Crippen molar-refractivity contribution in [3.05, 3.63) is 0 Å². The van der Waals surface area contributed by atoms with Gasteiger partial charge in [-0.25, -0.2) is 0 Å². The Hall–Kier alpha value is 0.540. The van der Waals surface area contributed by atoms with E-state index in [2.05, 4.69) is 13.8 Å². The van der Waals surface area contributed by atoms with Crippen LogP contribution in [0.4, 0.5) is 0 Å². The van der Waals surface area contributed by atoms with Gasteiger partial charge in [0.2, 0.25) is 0 Å². The maximum Gasteiger partial charge on any atom is 0.110 e. The molecule has 3 unspecified atom stereocenters. The number of thioether (sulfide) groups is 2. The lowest BCUT2D eigenvalue weighted by Crippen LogP contribution is -2.44. The molecule has 6 heteroatoms. The molecule has 0 aliphatic carbocycles. The topological polar surface area (TPSA) is 80.9 Å². The average Bonchev–Trinajstić information content (AvgIpc) is 2.74. The minimum atomic E-state index is -1.30. The molecular formula is C23H48O4S2. The SMILES string of the molecule is CCCCCCCCCSC(SCCCCCCCCC)C(O)C(O)C(O)CO. The van der Waals surface area contributed by atoms with Crippen LogP contribution in [-0.4, -0.2) is 61.4 Å². The Morgan fingerprint density at radius 2 is 0.931 bits per heavy atom. The molecule has 0 aliphatic heterocycles. The van der Waals surface area contributed by atoms with Gasteiger partial charge in [-0.15, -0.1) is 23.5 Å². The lowest BCUT2D eigenvalue weighted by molar-refractivity contribution is -0.0706. The standard InChI is InChI=1S/C23H48O4S2/c1-3-5-7-9-11-13-15-17-28-23(22(27)21(26)20(25)19-24)29-18-16-14-12-10-8-6-4-2/h20-27H,3-19H2,1-2H3. The van der Waals surface area contributed by atoms with Crippen molar-refractivity contribution in [2.24, 2.45) is 0 Å². The third kappa shape index (κ3) is 16.9. The first-order valence-electron chi connectivity index (χ1n) is 12.0. The fraction of sp³-hybridized carbons (Fsp3) is 1.00. The van der Waals surface area contributed by atoms with Crippen LogP contribution in [0.5, 0.6) is 0 Å². The molecule has 0 radical (unpaired) electrons. The van der Waals surface area contributed by atoms with Crippen molar-refractivity contribution in [1.29, 1.82) is 0 Å². The van der Waals surface area contributed by atoms with E-state index in [-0.39, 0.29) is 4.58 Å². The lowest BCUT2D eigenvalue weighted by Gasteiger charge is -2.28. The Bertz CT molecular complexity index is 314. The van der Waals surface area contributed by atoms with E-state index in [9.17, 15) is 15.3 Å². The number of aliphatic hydroxyl groups is 4. The molecule has 0 aliphatic rings. The van der Waals surface area contributed by atoms with Gasteiger partial charge < -0.3 is 20.4 Å². The normalized spacial score (nSPS) is 15.0. The first-order valence-corrected chi connectivity index (χ1v) is 14.1. The molecule has 0 saturated heterocycles. The van der Waals surface area contributed by atoms with Gasteiger partial charge in [-0.1, -0.05) is 90.9 Å². The molecule has 3 atom stereocenters. The molecule has 4 N–H and O–H groups in total. The summed E-state index contributed by atoms with van der Waals surface area (Å²) in [5.41, 5.74) is 0. The third-order valence-electron chi connectivity index (χ3n) is 5.27. The second-order valence-corrected chi connectivity index (χ2v) is 10.9. The molecular weight excluding hydrogens is 404 g/mol. The summed E-state index contributed by atoms with van der Waals surface area (Å²) in [5, 5.41) is 39.4. The smallest absolute Gasteiger partial charge is 0.110 e. The zero-order valence-corrected chi connectivity index (χ0v) is 20.6. The van der Waals surface area contributed by atoms with Crippen molar-refractivity contribution in [3.63, 3.8) is 0 Å². The average molecular weight is 453 g/mol. The molecule has 0 aromatic rings. The largest absolute Gasteiger partial charge is 0.394 e. The zero-order chi connectivity index (χ0) is 21.7. The van der Waals surface area contributed by atoms with Crippen molar-refractivity contribution in [2.45, 2.75) is 127 Å². The maximum atomic E-state index is 10.5. The molecule has 29 heavy (non-hydrogen) atoms. The summed E-state index contributed by atoms with van der Waals surface area (Å²) in [5.74, 6) is 1.92. The highest BCUT2D eigenvalue weighted by Gasteiger charge is 2.31. The van der Waals surface area contributed by atoms with E-state index in [1.165, 1.54) is 77.0 Å². The molecule has 4 nitrogen and oxygen atoms in total. The Labute approximate surface area is 188 Å². The third-order valence-corrected chi connectivity index (χ3v) is 8.35. The fourth-order valence-corrected chi connectivity index (χ4v) is 6.14. The number of hydrogen-bond acceptors (Lipinski definition) is 6. The van der Waals surface area contributed by atoms with E-state index in [1.54, 1.807) is 23.5 Å². The van der Waals surface area contributed by atoms with E-state index in [1.807, 2.05) is 0 Å². The zero-order valence-electron chi connectivity index (χ0n) is 18.9. The number of hydrogen-bond donors (Lipinski definition) is 4. The van der Waals surface area contributed by atoms with Crippen molar-refractivity contribution in [3.8, 4) is 0 Å². The van der Waals surface area contributed by atoms with E-state index < -0.39 is 24.9 Å². The van der Waals surface area contributed by atoms with Crippen molar-refractivity contribution >= 4 is 23.5 Å². The monoisotopic (exact) mass is 452 g/mol. The van der Waals surface area contributed by atoms with Gasteiger partial charge in [0.25, 0.3) is 0 Å². The van der Waals surface area contributed by atoms with Crippen LogP contribution in [0, 0.1) is 0 Å². The Morgan fingerprint density at radius 1 is 0.552 bits per heavy atom. The predicted octanol–water partition coefficient (Wildman–Crippen LogP) is 5.36. The molecule has 0 saturated carbocycles. The summed E-state index contributed by atoms with van der Waals surface area (Å²) < 4.78 is -0.161. The van der Waals surface area contributed by atoms with Crippen molar-refractivity contribution in [1.82, 2.24) is 0 Å². The van der Waals surface area contributed by atoms with Crippen LogP contribution in [0.1, 0.15) is 104 Å². The van der Waals surface area contributed by atoms with E-state index in [0.717, 1.165) is 24.3 Å². The van der Waals surface area contributed by atoms with Crippen LogP contribution >= 0.6 is 23.5 Å². The van der Waals surface area contributed by atoms with Gasteiger partial charge in [-0.2, -0.15) is 0 Å². The van der Waals surface area contributed by atoms with Crippen LogP contribution in [0.2, 0.25) is 0 Å². The van der Waals surface area contributed by atoms with Crippen LogP contribution < -0.4 is 0 Å². The minimum absolute atomic E-state index is 0.161. The molecule has 0 rings (SSSR count). The maximum absolute atomic E-state index is 10.5. The van der Waals surface area contributed by atoms with E-state index in [4.69, 9.17) is 5.11 Å². The fourth-order valence-electron chi connectivity index (χ4n) is 3.26. The Kier molecular flexibility index (Phi) is 22.2. The van der Waals surface area contributed by atoms with Gasteiger partial charge in [0, 0.05) is 0 Å². The lowest BCUT2D eigenvalue weighted by atomic mass is 10.1. The molecule has 0 fully saturated rings. The Balaban J connectivity index is 4.16. The summed E-state index contributed by atoms with van der Waals surface area (Å²) in [7, 11) is 0. The minimum Gasteiger partial charge on any atom is -0.394 e. The summed E-state index contributed by atoms with van der Waals surface area (Å²) in [6, 6.07) is 0. The van der Waals surface area contributed by atoms with Gasteiger partial charge in [0.15, 0.2) is 0 Å². The van der Waals surface area contributed by atoms with Gasteiger partial charge in [0.05, 0.1) is 11.2 Å². The van der Waals surface area contributed by atoms with E-state index in [0.29, 0.717) is 0 Å². The van der Waals surface area contributed by atoms with Crippen LogP contribution in [0.15, 0.2) is 0 Å². The van der Waals surface area contributed by atoms with Crippen molar-refractivity contribution < 1.29 is 20.4 Å². The molecule has 0 aromatic carbocycles. The number of rotatable bonds is 22. The predicted molar refractivity (Wildman–Crippen MR) is 130 cm³/mol. The molecule has 176 valence electrons. The van der Waals surface area contributed by atoms with Crippen molar-refractivity contribution in [2.75, 3.05) is 18.1 Å². The van der Waals surface area contributed by atoms with Crippen LogP contribution in [-0.2, 0) is 0 Å².